The highest BCUT2D eigenvalue weighted by Crippen LogP contribution is 2.49. The first-order valence-electron chi connectivity index (χ1n) is 8.46. The molecular formula is C19H20N2O4. The number of carbonyl (C=O) groups is 2. The monoisotopic (exact) mass is 340 g/mol. The molecule has 0 radical (unpaired) electrons. The summed E-state index contributed by atoms with van der Waals surface area (Å²) in [5.74, 6) is 0.546. The van der Waals surface area contributed by atoms with Crippen molar-refractivity contribution in [2.45, 2.75) is 12.8 Å². The number of nitrogens with zero attached hydrogens (tertiary/aromatic N) is 2. The fourth-order valence-electron chi connectivity index (χ4n) is 4.31. The predicted molar refractivity (Wildman–Crippen MR) is 91.3 cm³/mol. The number of allylic oxidation sites excluding steroid dienone is 2. The topological polar surface area (TPSA) is 68.2 Å². The van der Waals surface area contributed by atoms with Gasteiger partial charge in [-0.25, -0.2) is 0 Å². The van der Waals surface area contributed by atoms with Crippen LogP contribution in [0.3, 0.4) is 0 Å². The van der Waals surface area contributed by atoms with Gasteiger partial charge in [-0.05, 0) is 36.8 Å². The molecule has 0 spiro atoms. The molecule has 130 valence electrons. The van der Waals surface area contributed by atoms with E-state index < -0.39 is 0 Å². The standard InChI is InChI=1S/C19H20N2O4/c1-24-14-5-3-4-13(17(14)25-2)10-20-21-18(22)15-11-6-7-12(9-8-11)16(15)19(21)23/h3-7,10-12,15-16H,8-9H2,1-2H3. The smallest absolute Gasteiger partial charge is 0.254 e. The van der Waals surface area contributed by atoms with Gasteiger partial charge in [0.1, 0.15) is 0 Å². The first-order valence-corrected chi connectivity index (χ1v) is 8.46. The second kappa shape index (κ2) is 6.02. The van der Waals surface area contributed by atoms with Crippen LogP contribution < -0.4 is 9.47 Å². The maximum atomic E-state index is 12.7. The number of amides is 2. The number of para-hydroxylation sites is 1. The van der Waals surface area contributed by atoms with Gasteiger partial charge in [-0.3, -0.25) is 9.59 Å². The number of imide groups is 1. The van der Waals surface area contributed by atoms with E-state index in [4.69, 9.17) is 9.47 Å². The normalized spacial score (nSPS) is 30.2. The lowest BCUT2D eigenvalue weighted by atomic mass is 9.63. The zero-order valence-corrected chi connectivity index (χ0v) is 14.2. The quantitative estimate of drug-likeness (QED) is 0.479. The number of methoxy groups -OCH3 is 2. The first kappa shape index (κ1) is 15.9. The highest BCUT2D eigenvalue weighted by atomic mass is 16.5. The van der Waals surface area contributed by atoms with Gasteiger partial charge in [-0.15, -0.1) is 0 Å². The minimum atomic E-state index is -0.249. The molecule has 4 unspecified atom stereocenters. The van der Waals surface area contributed by atoms with Crippen molar-refractivity contribution in [1.82, 2.24) is 5.01 Å². The third-order valence-corrected chi connectivity index (χ3v) is 5.48. The van der Waals surface area contributed by atoms with E-state index in [9.17, 15) is 9.59 Å². The summed E-state index contributed by atoms with van der Waals surface area (Å²) in [6.45, 7) is 0. The predicted octanol–water partition coefficient (Wildman–Crippen LogP) is 2.23. The van der Waals surface area contributed by atoms with Gasteiger partial charge >= 0.3 is 0 Å². The van der Waals surface area contributed by atoms with E-state index in [1.165, 1.54) is 6.21 Å². The van der Waals surface area contributed by atoms with Gasteiger partial charge in [0.05, 0.1) is 32.3 Å². The van der Waals surface area contributed by atoms with Crippen molar-refractivity contribution in [3.8, 4) is 11.5 Å². The average molecular weight is 340 g/mol. The Bertz CT molecular complexity index is 754. The number of ether oxygens (including phenoxy) is 2. The fourth-order valence-corrected chi connectivity index (χ4v) is 4.31. The number of benzene rings is 1. The maximum absolute atomic E-state index is 12.7. The average Bonchev–Trinajstić information content (AvgIpc) is 2.93. The molecule has 1 aliphatic heterocycles. The van der Waals surface area contributed by atoms with E-state index in [0.717, 1.165) is 17.9 Å². The highest BCUT2D eigenvalue weighted by Gasteiger charge is 2.56. The van der Waals surface area contributed by atoms with Crippen LogP contribution in [0.4, 0.5) is 0 Å². The molecule has 1 saturated carbocycles. The molecule has 1 heterocycles. The Hall–Kier alpha value is -2.63. The lowest BCUT2D eigenvalue weighted by molar-refractivity contribution is -0.140. The molecule has 1 aromatic rings. The Balaban J connectivity index is 1.63. The van der Waals surface area contributed by atoms with Gasteiger partial charge < -0.3 is 9.47 Å². The molecular weight excluding hydrogens is 320 g/mol. The summed E-state index contributed by atoms with van der Waals surface area (Å²) in [5.41, 5.74) is 0.651. The molecule has 6 nitrogen and oxygen atoms in total. The first-order chi connectivity index (χ1) is 12.2. The summed E-state index contributed by atoms with van der Waals surface area (Å²) in [6, 6.07) is 5.38. The minimum Gasteiger partial charge on any atom is -0.493 e. The SMILES string of the molecule is COc1cccc(C=NN2C(=O)C3C4C=CC(CC4)C3C2=O)c1OC. The number of hydrogen-bond donors (Lipinski definition) is 0. The maximum Gasteiger partial charge on any atom is 0.254 e. The van der Waals surface area contributed by atoms with E-state index in [2.05, 4.69) is 17.3 Å². The number of hydrazone groups is 1. The molecule has 5 rings (SSSR count). The van der Waals surface area contributed by atoms with Crippen LogP contribution >= 0.6 is 0 Å². The number of rotatable bonds is 4. The summed E-state index contributed by atoms with van der Waals surface area (Å²) in [4.78, 5) is 25.5. The van der Waals surface area contributed by atoms with E-state index >= 15 is 0 Å². The molecule has 0 aromatic heterocycles. The second-order valence-electron chi connectivity index (χ2n) is 6.66. The van der Waals surface area contributed by atoms with Crippen LogP contribution in [0.25, 0.3) is 0 Å². The highest BCUT2D eigenvalue weighted by molar-refractivity contribution is 6.06. The lowest BCUT2D eigenvalue weighted by Crippen LogP contribution is -2.38. The fraction of sp³-hybridized carbons (Fsp3) is 0.421. The van der Waals surface area contributed by atoms with E-state index in [1.807, 2.05) is 0 Å². The zero-order valence-electron chi connectivity index (χ0n) is 14.2. The summed E-state index contributed by atoms with van der Waals surface area (Å²) < 4.78 is 10.6. The van der Waals surface area contributed by atoms with Crippen molar-refractivity contribution < 1.29 is 19.1 Å². The third-order valence-electron chi connectivity index (χ3n) is 5.48. The Labute approximate surface area is 146 Å². The largest absolute Gasteiger partial charge is 0.493 e. The number of fused-ring (bicyclic) bond motifs is 1. The van der Waals surface area contributed by atoms with Crippen LogP contribution in [-0.4, -0.2) is 37.3 Å². The molecule has 2 amide bonds. The van der Waals surface area contributed by atoms with E-state index in [1.54, 1.807) is 32.4 Å². The summed E-state index contributed by atoms with van der Waals surface area (Å²) >= 11 is 0. The third kappa shape index (κ3) is 2.35. The minimum absolute atomic E-state index is 0.165. The van der Waals surface area contributed by atoms with Crippen LogP contribution in [0, 0.1) is 23.7 Å². The Morgan fingerprint density at radius 3 is 2.20 bits per heavy atom. The Morgan fingerprint density at radius 1 is 1.04 bits per heavy atom. The van der Waals surface area contributed by atoms with Crippen molar-refractivity contribution >= 4 is 18.0 Å². The summed E-state index contributed by atoms with van der Waals surface area (Å²) in [5, 5.41) is 5.25. The van der Waals surface area contributed by atoms with E-state index in [0.29, 0.717) is 17.1 Å². The second-order valence-corrected chi connectivity index (χ2v) is 6.66. The van der Waals surface area contributed by atoms with Gasteiger partial charge in [0.25, 0.3) is 11.8 Å². The van der Waals surface area contributed by atoms with Crippen LogP contribution in [0.2, 0.25) is 0 Å². The van der Waals surface area contributed by atoms with Crippen LogP contribution in [-0.2, 0) is 9.59 Å². The molecule has 3 aliphatic carbocycles. The van der Waals surface area contributed by atoms with Gasteiger partial charge in [0.2, 0.25) is 0 Å². The van der Waals surface area contributed by atoms with Gasteiger partial charge in [0, 0.05) is 5.56 Å². The molecule has 2 fully saturated rings. The zero-order chi connectivity index (χ0) is 17.6. The van der Waals surface area contributed by atoms with Crippen molar-refractivity contribution in [2.75, 3.05) is 14.2 Å². The van der Waals surface area contributed by atoms with Crippen LogP contribution in [0.1, 0.15) is 18.4 Å². The summed E-state index contributed by atoms with van der Waals surface area (Å²) in [7, 11) is 3.10. The van der Waals surface area contributed by atoms with E-state index in [-0.39, 0.29) is 35.5 Å². The lowest BCUT2D eigenvalue weighted by Gasteiger charge is -2.37. The molecule has 4 aliphatic rings. The van der Waals surface area contributed by atoms with Gasteiger partial charge in [0.15, 0.2) is 11.5 Å². The van der Waals surface area contributed by atoms with Crippen molar-refractivity contribution in [3.05, 3.63) is 35.9 Å². The van der Waals surface area contributed by atoms with Crippen molar-refractivity contribution in [3.63, 3.8) is 0 Å². The Kier molecular flexibility index (Phi) is 3.82. The molecule has 1 aromatic carbocycles. The molecule has 25 heavy (non-hydrogen) atoms. The van der Waals surface area contributed by atoms with Crippen LogP contribution in [0.15, 0.2) is 35.5 Å². The molecule has 2 bridgehead atoms. The molecule has 4 atom stereocenters. The number of carbonyl (C=O) groups excluding carboxylic acids is 2. The van der Waals surface area contributed by atoms with Gasteiger partial charge in [-0.1, -0.05) is 18.2 Å². The molecule has 0 N–H and O–H groups in total. The molecule has 6 heteroatoms. The number of hydrogen-bond acceptors (Lipinski definition) is 5. The molecule has 1 saturated heterocycles. The van der Waals surface area contributed by atoms with Crippen LogP contribution in [0.5, 0.6) is 11.5 Å². The van der Waals surface area contributed by atoms with Crippen molar-refractivity contribution in [2.24, 2.45) is 28.8 Å². The summed E-state index contributed by atoms with van der Waals surface area (Å²) in [6.07, 6.45) is 7.63. The Morgan fingerprint density at radius 2 is 1.68 bits per heavy atom. The van der Waals surface area contributed by atoms with Gasteiger partial charge in [-0.2, -0.15) is 10.1 Å². The van der Waals surface area contributed by atoms with Crippen molar-refractivity contribution in [1.29, 1.82) is 0 Å².